The zero-order valence-corrected chi connectivity index (χ0v) is 10.1. The van der Waals surface area contributed by atoms with Crippen LogP contribution in [-0.2, 0) is 0 Å². The summed E-state index contributed by atoms with van der Waals surface area (Å²) in [5.41, 5.74) is 8.38. The first-order valence-corrected chi connectivity index (χ1v) is 5.86. The maximum atomic E-state index is 5.90. The molecule has 0 aliphatic carbocycles. The van der Waals surface area contributed by atoms with E-state index in [1.165, 1.54) is 11.3 Å². The van der Waals surface area contributed by atoms with Gasteiger partial charge in [0.05, 0.1) is 7.11 Å². The summed E-state index contributed by atoms with van der Waals surface area (Å²) < 4.78 is 5.27. The largest absolute Gasteiger partial charge is 0.496 e. The molecule has 1 saturated heterocycles. The maximum Gasteiger partial charge on any atom is 0.121 e. The Morgan fingerprint density at radius 2 is 2.00 bits per heavy atom. The zero-order chi connectivity index (χ0) is 11.5. The Balaban J connectivity index is 2.12. The Morgan fingerprint density at radius 1 is 1.31 bits per heavy atom. The minimum atomic E-state index is 0.385. The Bertz CT molecular complexity index is 357. The molecule has 1 aromatic rings. The van der Waals surface area contributed by atoms with Crippen molar-refractivity contribution in [3.05, 3.63) is 23.8 Å². The molecule has 1 fully saturated rings. The Morgan fingerprint density at radius 3 is 2.56 bits per heavy atom. The second-order valence-corrected chi connectivity index (χ2v) is 4.48. The average molecular weight is 220 g/mol. The number of hydrogen-bond donors (Lipinski definition) is 1. The van der Waals surface area contributed by atoms with Crippen molar-refractivity contribution in [2.24, 2.45) is 5.73 Å². The normalized spacial score (nSPS) is 17.6. The molecular weight excluding hydrogens is 200 g/mol. The first-order chi connectivity index (χ1) is 7.70. The van der Waals surface area contributed by atoms with Crippen LogP contribution in [0.3, 0.4) is 0 Å². The number of hydrogen-bond acceptors (Lipinski definition) is 3. The molecule has 0 atom stereocenters. The highest BCUT2D eigenvalue weighted by molar-refractivity contribution is 5.53. The summed E-state index contributed by atoms with van der Waals surface area (Å²) in [6.07, 6.45) is 2.18. The van der Waals surface area contributed by atoms with E-state index in [0.717, 1.165) is 31.7 Å². The van der Waals surface area contributed by atoms with Crippen molar-refractivity contribution in [1.29, 1.82) is 0 Å². The summed E-state index contributed by atoms with van der Waals surface area (Å²) in [4.78, 5) is 2.40. The highest BCUT2D eigenvalue weighted by atomic mass is 16.5. The predicted molar refractivity (Wildman–Crippen MR) is 67.2 cm³/mol. The number of aryl methyl sites for hydroxylation is 1. The highest BCUT2D eigenvalue weighted by Crippen LogP contribution is 2.25. The van der Waals surface area contributed by atoms with E-state index in [-0.39, 0.29) is 0 Å². The van der Waals surface area contributed by atoms with Gasteiger partial charge in [-0.1, -0.05) is 0 Å². The zero-order valence-electron chi connectivity index (χ0n) is 10.1. The third-order valence-corrected chi connectivity index (χ3v) is 3.28. The number of ether oxygens (including phenoxy) is 1. The maximum absolute atomic E-state index is 5.90. The monoisotopic (exact) mass is 220 g/mol. The molecule has 2 rings (SSSR count). The molecule has 2 N–H and O–H groups in total. The van der Waals surface area contributed by atoms with E-state index in [0.29, 0.717) is 6.04 Å². The molecule has 1 heterocycles. The first kappa shape index (κ1) is 11.3. The highest BCUT2D eigenvalue weighted by Gasteiger charge is 2.16. The van der Waals surface area contributed by atoms with Gasteiger partial charge in [-0.3, -0.25) is 0 Å². The average Bonchev–Trinajstić information content (AvgIpc) is 2.30. The van der Waals surface area contributed by atoms with E-state index >= 15 is 0 Å². The molecule has 0 radical (unpaired) electrons. The van der Waals surface area contributed by atoms with Crippen LogP contribution in [-0.4, -0.2) is 26.2 Å². The van der Waals surface area contributed by atoms with E-state index in [1.807, 2.05) is 6.07 Å². The van der Waals surface area contributed by atoms with Gasteiger partial charge in [-0.25, -0.2) is 0 Å². The molecule has 1 aliphatic heterocycles. The van der Waals surface area contributed by atoms with Gasteiger partial charge in [0.15, 0.2) is 0 Å². The fraction of sp³-hybridized carbons (Fsp3) is 0.538. The summed E-state index contributed by atoms with van der Waals surface area (Å²) >= 11 is 0. The van der Waals surface area contributed by atoms with Gasteiger partial charge < -0.3 is 15.4 Å². The van der Waals surface area contributed by atoms with Crippen molar-refractivity contribution >= 4 is 5.69 Å². The number of rotatable bonds is 2. The Kier molecular flexibility index (Phi) is 3.34. The number of benzene rings is 1. The summed E-state index contributed by atoms with van der Waals surface area (Å²) in [5.74, 6) is 0.956. The van der Waals surface area contributed by atoms with Crippen LogP contribution in [0.25, 0.3) is 0 Å². The van der Waals surface area contributed by atoms with Crippen LogP contribution in [0.1, 0.15) is 18.4 Å². The van der Waals surface area contributed by atoms with E-state index in [2.05, 4.69) is 24.0 Å². The van der Waals surface area contributed by atoms with Gasteiger partial charge in [0, 0.05) is 24.8 Å². The standard InChI is InChI=1S/C13H20N2O/c1-10-9-12(3-4-13(10)16-2)15-7-5-11(14)6-8-15/h3-4,9,11H,5-8,14H2,1-2H3. The SMILES string of the molecule is COc1ccc(N2CCC(N)CC2)cc1C. The molecular formula is C13H20N2O. The molecule has 3 nitrogen and oxygen atoms in total. The van der Waals surface area contributed by atoms with Crippen LogP contribution in [0.15, 0.2) is 18.2 Å². The Labute approximate surface area is 97.2 Å². The molecule has 16 heavy (non-hydrogen) atoms. The summed E-state index contributed by atoms with van der Waals surface area (Å²) in [5, 5.41) is 0. The van der Waals surface area contributed by atoms with Gasteiger partial charge in [0.2, 0.25) is 0 Å². The molecule has 1 aromatic carbocycles. The number of anilines is 1. The van der Waals surface area contributed by atoms with Gasteiger partial charge in [0.25, 0.3) is 0 Å². The molecule has 0 spiro atoms. The van der Waals surface area contributed by atoms with Crippen molar-refractivity contribution in [3.63, 3.8) is 0 Å². The van der Waals surface area contributed by atoms with Gasteiger partial charge in [-0.2, -0.15) is 0 Å². The van der Waals surface area contributed by atoms with Crippen LogP contribution in [0.2, 0.25) is 0 Å². The molecule has 88 valence electrons. The minimum absolute atomic E-state index is 0.385. The van der Waals surface area contributed by atoms with Crippen molar-refractivity contribution in [3.8, 4) is 5.75 Å². The molecule has 3 heteroatoms. The molecule has 0 unspecified atom stereocenters. The lowest BCUT2D eigenvalue weighted by atomic mass is 10.0. The first-order valence-electron chi connectivity index (χ1n) is 5.86. The Hall–Kier alpha value is -1.22. The number of methoxy groups -OCH3 is 1. The lowest BCUT2D eigenvalue weighted by Gasteiger charge is -2.32. The summed E-state index contributed by atoms with van der Waals surface area (Å²) in [6, 6.07) is 6.74. The predicted octanol–water partition coefficient (Wildman–Crippen LogP) is 1.93. The third-order valence-electron chi connectivity index (χ3n) is 3.28. The smallest absolute Gasteiger partial charge is 0.121 e. The minimum Gasteiger partial charge on any atom is -0.496 e. The quantitative estimate of drug-likeness (QED) is 0.827. The topological polar surface area (TPSA) is 38.5 Å². The van der Waals surface area contributed by atoms with Crippen molar-refractivity contribution in [2.45, 2.75) is 25.8 Å². The summed E-state index contributed by atoms with van der Waals surface area (Å²) in [7, 11) is 1.71. The molecule has 1 aliphatic rings. The fourth-order valence-electron chi connectivity index (χ4n) is 2.22. The number of nitrogens with two attached hydrogens (primary N) is 1. The second kappa shape index (κ2) is 4.74. The molecule has 0 aromatic heterocycles. The van der Waals surface area contributed by atoms with Crippen LogP contribution in [0, 0.1) is 6.92 Å². The van der Waals surface area contributed by atoms with Gasteiger partial charge in [-0.05, 0) is 43.5 Å². The van der Waals surface area contributed by atoms with E-state index in [4.69, 9.17) is 10.5 Å². The number of nitrogens with zero attached hydrogens (tertiary/aromatic N) is 1. The number of piperidine rings is 1. The van der Waals surface area contributed by atoms with E-state index in [9.17, 15) is 0 Å². The molecule has 0 bridgehead atoms. The van der Waals surface area contributed by atoms with E-state index in [1.54, 1.807) is 7.11 Å². The van der Waals surface area contributed by atoms with Crippen LogP contribution in [0.4, 0.5) is 5.69 Å². The molecule has 0 saturated carbocycles. The molecule has 0 amide bonds. The van der Waals surface area contributed by atoms with Gasteiger partial charge in [-0.15, -0.1) is 0 Å². The lowest BCUT2D eigenvalue weighted by molar-refractivity contribution is 0.411. The fourth-order valence-corrected chi connectivity index (χ4v) is 2.22. The van der Waals surface area contributed by atoms with Crippen molar-refractivity contribution in [2.75, 3.05) is 25.1 Å². The van der Waals surface area contributed by atoms with Crippen LogP contribution < -0.4 is 15.4 Å². The van der Waals surface area contributed by atoms with E-state index < -0.39 is 0 Å². The van der Waals surface area contributed by atoms with Crippen molar-refractivity contribution in [1.82, 2.24) is 0 Å². The van der Waals surface area contributed by atoms with Gasteiger partial charge >= 0.3 is 0 Å². The third kappa shape index (κ3) is 2.30. The van der Waals surface area contributed by atoms with Gasteiger partial charge in [0.1, 0.15) is 5.75 Å². The van der Waals surface area contributed by atoms with Crippen LogP contribution in [0.5, 0.6) is 5.75 Å². The lowest BCUT2D eigenvalue weighted by Crippen LogP contribution is -2.39. The summed E-state index contributed by atoms with van der Waals surface area (Å²) in [6.45, 7) is 4.21. The van der Waals surface area contributed by atoms with Crippen LogP contribution >= 0.6 is 0 Å². The van der Waals surface area contributed by atoms with Crippen molar-refractivity contribution < 1.29 is 4.74 Å². The second-order valence-electron chi connectivity index (χ2n) is 4.48.